The zero-order valence-electron chi connectivity index (χ0n) is 11.3. The third-order valence-electron chi connectivity index (χ3n) is 3.52. The molecular weight excluding hydrogens is 232 g/mol. The van der Waals surface area contributed by atoms with Gasteiger partial charge in [0.1, 0.15) is 6.10 Å². The summed E-state index contributed by atoms with van der Waals surface area (Å²) >= 11 is 0. The highest BCUT2D eigenvalue weighted by atomic mass is 16.5. The van der Waals surface area contributed by atoms with Gasteiger partial charge in [0.15, 0.2) is 0 Å². The number of nitrogens with zero attached hydrogens (tertiary/aromatic N) is 3. The zero-order chi connectivity index (χ0) is 13.1. The van der Waals surface area contributed by atoms with Crippen molar-refractivity contribution in [1.82, 2.24) is 15.0 Å². The topological polar surface area (TPSA) is 77.4 Å². The van der Waals surface area contributed by atoms with Gasteiger partial charge < -0.3 is 15.0 Å². The van der Waals surface area contributed by atoms with Gasteiger partial charge in [0.05, 0.1) is 12.5 Å². The molecule has 1 aliphatic heterocycles. The number of aromatic nitrogens is 2. The predicted molar refractivity (Wildman–Crippen MR) is 67.2 cm³/mol. The molecule has 0 saturated carbocycles. The van der Waals surface area contributed by atoms with E-state index in [1.165, 1.54) is 0 Å². The van der Waals surface area contributed by atoms with E-state index in [9.17, 15) is 0 Å². The Kier molecular flexibility index (Phi) is 4.31. The molecule has 1 aromatic heterocycles. The van der Waals surface area contributed by atoms with E-state index in [1.807, 2.05) is 13.8 Å². The van der Waals surface area contributed by atoms with Crippen LogP contribution in [0.1, 0.15) is 44.5 Å². The van der Waals surface area contributed by atoms with Gasteiger partial charge >= 0.3 is 0 Å². The number of nitrogens with two attached hydrogens (primary N) is 1. The minimum Gasteiger partial charge on any atom is -0.367 e. The van der Waals surface area contributed by atoms with Crippen molar-refractivity contribution in [2.75, 3.05) is 26.2 Å². The molecule has 102 valence electrons. The molecule has 0 amide bonds. The van der Waals surface area contributed by atoms with Gasteiger partial charge in [-0.2, -0.15) is 4.98 Å². The van der Waals surface area contributed by atoms with Crippen molar-refractivity contribution in [3.63, 3.8) is 0 Å². The van der Waals surface area contributed by atoms with Gasteiger partial charge in [0.25, 0.3) is 0 Å². The lowest BCUT2D eigenvalue weighted by Crippen LogP contribution is -2.38. The standard InChI is InChI=1S/C12H22N4O2/c1-4-16-5-6-17-10(7-16)11-14-12(18-15-11)8(2)9(3)13/h8-10H,4-7,13H2,1-3H3. The van der Waals surface area contributed by atoms with Crippen LogP contribution in [0.25, 0.3) is 0 Å². The predicted octanol–water partition coefficient (Wildman–Crippen LogP) is 0.913. The molecule has 6 nitrogen and oxygen atoms in total. The first-order valence-corrected chi connectivity index (χ1v) is 6.54. The second-order valence-electron chi connectivity index (χ2n) is 4.89. The van der Waals surface area contributed by atoms with E-state index in [0.717, 1.165) is 19.6 Å². The van der Waals surface area contributed by atoms with Gasteiger partial charge in [-0.3, -0.25) is 4.90 Å². The second-order valence-corrected chi connectivity index (χ2v) is 4.89. The summed E-state index contributed by atoms with van der Waals surface area (Å²) in [4.78, 5) is 6.73. The maximum atomic E-state index is 5.83. The van der Waals surface area contributed by atoms with Crippen LogP contribution in [-0.4, -0.2) is 47.3 Å². The molecule has 1 fully saturated rings. The van der Waals surface area contributed by atoms with Crippen LogP contribution >= 0.6 is 0 Å². The highest BCUT2D eigenvalue weighted by molar-refractivity contribution is 4.99. The van der Waals surface area contributed by atoms with Crippen LogP contribution in [0.5, 0.6) is 0 Å². The highest BCUT2D eigenvalue weighted by Gasteiger charge is 2.27. The van der Waals surface area contributed by atoms with Crippen LogP contribution in [0.3, 0.4) is 0 Å². The number of hydrogen-bond donors (Lipinski definition) is 1. The van der Waals surface area contributed by atoms with E-state index >= 15 is 0 Å². The first-order valence-electron chi connectivity index (χ1n) is 6.54. The van der Waals surface area contributed by atoms with Gasteiger partial charge in [-0.25, -0.2) is 0 Å². The van der Waals surface area contributed by atoms with E-state index in [2.05, 4.69) is 22.0 Å². The van der Waals surface area contributed by atoms with Crippen LogP contribution in [0, 0.1) is 0 Å². The normalized spacial score (nSPS) is 25.0. The Balaban J connectivity index is 2.05. The van der Waals surface area contributed by atoms with Gasteiger partial charge in [-0.05, 0) is 13.5 Å². The van der Waals surface area contributed by atoms with E-state index in [-0.39, 0.29) is 18.1 Å². The van der Waals surface area contributed by atoms with Crippen LogP contribution in [0.15, 0.2) is 4.52 Å². The molecule has 0 aliphatic carbocycles. The molecule has 18 heavy (non-hydrogen) atoms. The van der Waals surface area contributed by atoms with Gasteiger partial charge in [0, 0.05) is 19.1 Å². The summed E-state index contributed by atoms with van der Waals surface area (Å²) in [5.41, 5.74) is 5.83. The maximum Gasteiger partial charge on any atom is 0.231 e. The lowest BCUT2D eigenvalue weighted by molar-refractivity contribution is -0.0334. The molecular formula is C12H22N4O2. The van der Waals surface area contributed by atoms with Crippen molar-refractivity contribution in [1.29, 1.82) is 0 Å². The van der Waals surface area contributed by atoms with E-state index in [1.54, 1.807) is 0 Å². The fourth-order valence-electron chi connectivity index (χ4n) is 1.93. The minimum atomic E-state index is -0.0866. The van der Waals surface area contributed by atoms with Gasteiger partial charge in [-0.15, -0.1) is 0 Å². The number of morpholine rings is 1. The average Bonchev–Trinajstić information content (AvgIpc) is 2.87. The van der Waals surface area contributed by atoms with Crippen molar-refractivity contribution in [3.8, 4) is 0 Å². The quantitative estimate of drug-likeness (QED) is 0.860. The van der Waals surface area contributed by atoms with Crippen LogP contribution in [0.4, 0.5) is 0 Å². The SMILES string of the molecule is CCN1CCOC(c2noc(C(C)C(C)N)n2)C1. The summed E-state index contributed by atoms with van der Waals surface area (Å²) in [5.74, 6) is 1.30. The Morgan fingerprint density at radius 3 is 2.94 bits per heavy atom. The lowest BCUT2D eigenvalue weighted by Gasteiger charge is -2.30. The Bertz CT molecular complexity index is 380. The molecule has 0 aromatic carbocycles. The summed E-state index contributed by atoms with van der Waals surface area (Å²) in [6, 6.07) is -0.00212. The molecule has 3 unspecified atom stereocenters. The monoisotopic (exact) mass is 254 g/mol. The van der Waals surface area contributed by atoms with Crippen molar-refractivity contribution in [3.05, 3.63) is 11.7 Å². The Morgan fingerprint density at radius 1 is 1.50 bits per heavy atom. The number of likely N-dealkylation sites (N-methyl/N-ethyl adjacent to an activating group) is 1. The molecule has 0 radical (unpaired) electrons. The molecule has 0 spiro atoms. The van der Waals surface area contributed by atoms with E-state index in [0.29, 0.717) is 18.3 Å². The first-order chi connectivity index (χ1) is 8.61. The van der Waals surface area contributed by atoms with E-state index < -0.39 is 0 Å². The summed E-state index contributed by atoms with van der Waals surface area (Å²) in [5, 5.41) is 4.02. The minimum absolute atomic E-state index is 0.00212. The Morgan fingerprint density at radius 2 is 2.28 bits per heavy atom. The summed E-state index contributed by atoms with van der Waals surface area (Å²) in [6.45, 7) is 9.58. The fraction of sp³-hybridized carbons (Fsp3) is 0.833. The molecule has 1 aromatic rings. The second kappa shape index (κ2) is 5.77. The van der Waals surface area contributed by atoms with Crippen molar-refractivity contribution < 1.29 is 9.26 Å². The summed E-state index contributed by atoms with van der Waals surface area (Å²) in [6.07, 6.45) is -0.0866. The molecule has 2 rings (SSSR count). The third kappa shape index (κ3) is 2.88. The Labute approximate surface area is 107 Å². The molecule has 1 aliphatic rings. The fourth-order valence-corrected chi connectivity index (χ4v) is 1.93. The van der Waals surface area contributed by atoms with Crippen LogP contribution < -0.4 is 5.73 Å². The number of ether oxygens (including phenoxy) is 1. The average molecular weight is 254 g/mol. The van der Waals surface area contributed by atoms with Gasteiger partial charge in [-0.1, -0.05) is 19.0 Å². The number of hydrogen-bond acceptors (Lipinski definition) is 6. The largest absolute Gasteiger partial charge is 0.367 e. The number of rotatable bonds is 4. The smallest absolute Gasteiger partial charge is 0.231 e. The third-order valence-corrected chi connectivity index (χ3v) is 3.52. The van der Waals surface area contributed by atoms with Crippen molar-refractivity contribution >= 4 is 0 Å². The first kappa shape index (κ1) is 13.5. The molecule has 2 N–H and O–H groups in total. The summed E-state index contributed by atoms with van der Waals surface area (Å²) < 4.78 is 11.0. The van der Waals surface area contributed by atoms with Crippen LogP contribution in [0.2, 0.25) is 0 Å². The van der Waals surface area contributed by atoms with Crippen molar-refractivity contribution in [2.24, 2.45) is 5.73 Å². The molecule has 2 heterocycles. The zero-order valence-corrected chi connectivity index (χ0v) is 11.3. The molecule has 3 atom stereocenters. The molecule has 6 heteroatoms. The maximum absolute atomic E-state index is 5.83. The summed E-state index contributed by atoms with van der Waals surface area (Å²) in [7, 11) is 0. The molecule has 1 saturated heterocycles. The Hall–Kier alpha value is -0.980. The van der Waals surface area contributed by atoms with Crippen molar-refractivity contribution in [2.45, 2.75) is 38.8 Å². The van der Waals surface area contributed by atoms with Gasteiger partial charge in [0.2, 0.25) is 11.7 Å². The highest BCUT2D eigenvalue weighted by Crippen LogP contribution is 2.22. The van der Waals surface area contributed by atoms with Crippen LogP contribution in [-0.2, 0) is 4.74 Å². The molecule has 0 bridgehead atoms. The lowest BCUT2D eigenvalue weighted by atomic mass is 10.1. The van der Waals surface area contributed by atoms with E-state index in [4.69, 9.17) is 15.0 Å².